The zero-order valence-corrected chi connectivity index (χ0v) is 15.5. The van der Waals surface area contributed by atoms with Crippen LogP contribution in [-0.4, -0.2) is 25.4 Å². The third-order valence-electron chi connectivity index (χ3n) is 4.19. The van der Waals surface area contributed by atoms with Gasteiger partial charge in [-0.1, -0.05) is 37.1 Å². The molecule has 0 spiro atoms. The molecule has 0 aromatic heterocycles. The van der Waals surface area contributed by atoms with E-state index < -0.39 is 0 Å². The average molecular weight is 309 g/mol. The molecule has 0 aromatic rings. The third kappa shape index (κ3) is 8.75. The van der Waals surface area contributed by atoms with Crippen molar-refractivity contribution in [1.82, 2.24) is 0 Å². The molecule has 128 valence electrons. The molecule has 0 bridgehead atoms. The summed E-state index contributed by atoms with van der Waals surface area (Å²) in [4.78, 5) is 0. The van der Waals surface area contributed by atoms with Gasteiger partial charge in [0.25, 0.3) is 0 Å². The van der Waals surface area contributed by atoms with Crippen LogP contribution in [0.4, 0.5) is 0 Å². The summed E-state index contributed by atoms with van der Waals surface area (Å²) in [5.41, 5.74) is 2.73. The van der Waals surface area contributed by atoms with Crippen molar-refractivity contribution < 1.29 is 9.47 Å². The highest BCUT2D eigenvalue weighted by molar-refractivity contribution is 5.00. The van der Waals surface area contributed by atoms with Gasteiger partial charge < -0.3 is 9.47 Å². The van der Waals surface area contributed by atoms with E-state index in [9.17, 15) is 0 Å². The summed E-state index contributed by atoms with van der Waals surface area (Å²) in [6, 6.07) is 0. The smallest absolute Gasteiger partial charge is 0.0760 e. The van der Waals surface area contributed by atoms with Crippen LogP contribution in [0.3, 0.4) is 0 Å². The molecule has 0 unspecified atom stereocenters. The van der Waals surface area contributed by atoms with E-state index >= 15 is 0 Å². The topological polar surface area (TPSA) is 18.5 Å². The molecular weight excluding hydrogens is 272 g/mol. The van der Waals surface area contributed by atoms with Gasteiger partial charge in [0.2, 0.25) is 0 Å². The van der Waals surface area contributed by atoms with Crippen molar-refractivity contribution >= 4 is 0 Å². The highest BCUT2D eigenvalue weighted by atomic mass is 16.5. The third-order valence-corrected chi connectivity index (χ3v) is 4.19. The van der Waals surface area contributed by atoms with E-state index in [0.717, 1.165) is 25.0 Å². The number of rotatable bonds is 2. The van der Waals surface area contributed by atoms with Crippen molar-refractivity contribution in [2.24, 2.45) is 11.8 Å². The number of hydrogen-bond donors (Lipinski definition) is 0. The summed E-state index contributed by atoms with van der Waals surface area (Å²) in [6.45, 7) is 15.0. The molecule has 0 aliphatic carbocycles. The Labute approximate surface area is 138 Å². The molecule has 0 N–H and O–H groups in total. The molecule has 0 radical (unpaired) electrons. The van der Waals surface area contributed by atoms with Gasteiger partial charge in [0.1, 0.15) is 0 Å². The standard InChI is InChI=1S/2C10H18O/c2*1-8(2)6-10-7-9(3)4-5-11-10/h2*6,9-10H,4-5,7H2,1-3H3/t2*9-,10-/m10/s1. The maximum atomic E-state index is 5.58. The molecule has 2 heteroatoms. The van der Waals surface area contributed by atoms with Crippen LogP contribution >= 0.6 is 0 Å². The van der Waals surface area contributed by atoms with Gasteiger partial charge in [-0.3, -0.25) is 0 Å². The van der Waals surface area contributed by atoms with E-state index in [-0.39, 0.29) is 0 Å². The molecule has 0 amide bonds. The van der Waals surface area contributed by atoms with E-state index in [1.54, 1.807) is 0 Å². The van der Waals surface area contributed by atoms with Crippen LogP contribution in [0.25, 0.3) is 0 Å². The van der Waals surface area contributed by atoms with Gasteiger partial charge in [-0.25, -0.2) is 0 Å². The quantitative estimate of drug-likeness (QED) is 0.624. The average Bonchev–Trinajstić information content (AvgIpc) is 2.37. The maximum Gasteiger partial charge on any atom is 0.0760 e. The van der Waals surface area contributed by atoms with Crippen LogP contribution < -0.4 is 0 Å². The van der Waals surface area contributed by atoms with Crippen molar-refractivity contribution in [3.05, 3.63) is 23.3 Å². The van der Waals surface area contributed by atoms with E-state index in [2.05, 4.69) is 53.7 Å². The van der Waals surface area contributed by atoms with Crippen LogP contribution in [-0.2, 0) is 9.47 Å². The molecular formula is C20H36O2. The van der Waals surface area contributed by atoms with Crippen molar-refractivity contribution in [2.75, 3.05) is 13.2 Å². The van der Waals surface area contributed by atoms with E-state index in [0.29, 0.717) is 12.2 Å². The van der Waals surface area contributed by atoms with E-state index in [4.69, 9.17) is 9.47 Å². The summed E-state index contributed by atoms with van der Waals surface area (Å²) in [5.74, 6) is 1.67. The lowest BCUT2D eigenvalue weighted by atomic mass is 9.97. The number of allylic oxidation sites excluding steroid dienone is 2. The Bertz CT molecular complexity index is 326. The Hall–Kier alpha value is -0.600. The SMILES string of the molecule is CC(C)=C[C@@H]1C[C@H](C)CCO1.CC(C)=C[C@H]1C[C@@H](C)CCO1. The molecule has 22 heavy (non-hydrogen) atoms. The van der Waals surface area contributed by atoms with Crippen LogP contribution in [0, 0.1) is 11.8 Å². The monoisotopic (exact) mass is 308 g/mol. The van der Waals surface area contributed by atoms with Gasteiger partial charge in [0.15, 0.2) is 0 Å². The molecule has 0 aromatic carbocycles. The van der Waals surface area contributed by atoms with Crippen molar-refractivity contribution in [1.29, 1.82) is 0 Å². The molecule has 2 heterocycles. The fourth-order valence-electron chi connectivity index (χ4n) is 2.98. The van der Waals surface area contributed by atoms with Gasteiger partial charge in [0, 0.05) is 13.2 Å². The first-order valence-corrected chi connectivity index (χ1v) is 8.90. The molecule has 2 fully saturated rings. The predicted molar refractivity (Wildman–Crippen MR) is 95.1 cm³/mol. The maximum absolute atomic E-state index is 5.58. The normalized spacial score (nSPS) is 31.5. The summed E-state index contributed by atoms with van der Waals surface area (Å²) >= 11 is 0. The van der Waals surface area contributed by atoms with Gasteiger partial charge in [-0.2, -0.15) is 0 Å². The highest BCUT2D eigenvalue weighted by Gasteiger charge is 2.17. The second-order valence-electron chi connectivity index (χ2n) is 7.57. The molecule has 2 aliphatic rings. The Balaban J connectivity index is 0.000000220. The summed E-state index contributed by atoms with van der Waals surface area (Å²) in [5, 5.41) is 0. The predicted octanol–water partition coefficient (Wildman–Crippen LogP) is 5.54. The summed E-state index contributed by atoms with van der Waals surface area (Å²) in [7, 11) is 0. The minimum atomic E-state index is 0.392. The Morgan fingerprint density at radius 3 is 1.36 bits per heavy atom. The fraction of sp³-hybridized carbons (Fsp3) is 0.800. The minimum absolute atomic E-state index is 0.392. The van der Waals surface area contributed by atoms with Crippen molar-refractivity contribution in [2.45, 2.75) is 79.4 Å². The summed E-state index contributed by atoms with van der Waals surface area (Å²) in [6.07, 6.45) is 10.1. The molecule has 2 rings (SSSR count). The highest BCUT2D eigenvalue weighted by Crippen LogP contribution is 2.21. The van der Waals surface area contributed by atoms with E-state index in [1.807, 2.05) is 0 Å². The second kappa shape index (κ2) is 10.2. The van der Waals surface area contributed by atoms with Crippen LogP contribution in [0.15, 0.2) is 23.3 Å². The lowest BCUT2D eigenvalue weighted by molar-refractivity contribution is 0.0233. The Morgan fingerprint density at radius 2 is 1.09 bits per heavy atom. The van der Waals surface area contributed by atoms with Crippen LogP contribution in [0.2, 0.25) is 0 Å². The Kier molecular flexibility index (Phi) is 9.04. The van der Waals surface area contributed by atoms with Crippen LogP contribution in [0.1, 0.15) is 67.2 Å². The van der Waals surface area contributed by atoms with Gasteiger partial charge in [-0.15, -0.1) is 0 Å². The second-order valence-corrected chi connectivity index (χ2v) is 7.57. The largest absolute Gasteiger partial charge is 0.374 e. The molecule has 2 aliphatic heterocycles. The lowest BCUT2D eigenvalue weighted by Gasteiger charge is -2.25. The molecule has 2 nitrogen and oxygen atoms in total. The van der Waals surface area contributed by atoms with Gasteiger partial charge >= 0.3 is 0 Å². The first-order chi connectivity index (χ1) is 10.4. The number of ether oxygens (including phenoxy) is 2. The summed E-state index contributed by atoms with van der Waals surface area (Å²) < 4.78 is 11.2. The van der Waals surface area contributed by atoms with Gasteiger partial charge in [0.05, 0.1) is 12.2 Å². The van der Waals surface area contributed by atoms with Crippen LogP contribution in [0.5, 0.6) is 0 Å². The lowest BCUT2D eigenvalue weighted by Crippen LogP contribution is -2.22. The zero-order valence-electron chi connectivity index (χ0n) is 15.5. The number of hydrogen-bond acceptors (Lipinski definition) is 2. The fourth-order valence-corrected chi connectivity index (χ4v) is 2.98. The van der Waals surface area contributed by atoms with Crippen molar-refractivity contribution in [3.63, 3.8) is 0 Å². The molecule has 4 atom stereocenters. The first-order valence-electron chi connectivity index (χ1n) is 8.90. The van der Waals surface area contributed by atoms with Crippen molar-refractivity contribution in [3.8, 4) is 0 Å². The van der Waals surface area contributed by atoms with Gasteiger partial charge in [-0.05, 0) is 65.2 Å². The first kappa shape index (κ1) is 19.4. The minimum Gasteiger partial charge on any atom is -0.374 e. The molecule has 2 saturated heterocycles. The Morgan fingerprint density at radius 1 is 0.727 bits per heavy atom. The van der Waals surface area contributed by atoms with E-state index in [1.165, 1.54) is 36.8 Å². The zero-order chi connectivity index (χ0) is 16.5. The molecule has 0 saturated carbocycles.